The number of anilines is 1. The topological polar surface area (TPSA) is 97.5 Å². The Kier molecular flexibility index (Phi) is 6.56. The molecule has 1 atom stereocenters. The van der Waals surface area contributed by atoms with E-state index < -0.39 is 5.97 Å². The van der Waals surface area contributed by atoms with E-state index >= 15 is 0 Å². The van der Waals surface area contributed by atoms with Crippen molar-refractivity contribution in [1.82, 2.24) is 10.1 Å². The van der Waals surface area contributed by atoms with E-state index in [1.807, 2.05) is 73.0 Å². The number of aromatic nitrogens is 2. The van der Waals surface area contributed by atoms with Gasteiger partial charge in [-0.05, 0) is 29.5 Å². The lowest BCUT2D eigenvalue weighted by molar-refractivity contribution is -0.136. The van der Waals surface area contributed by atoms with E-state index in [2.05, 4.69) is 10.5 Å². The summed E-state index contributed by atoms with van der Waals surface area (Å²) in [5, 5.41) is 19.3. The molecule has 3 aromatic heterocycles. The monoisotopic (exact) mass is 485 g/mol. The number of aliphatic carboxylic acids is 1. The molecule has 5 rings (SSSR count). The average Bonchev–Trinajstić information content (AvgIpc) is 3.54. The zero-order valence-corrected chi connectivity index (χ0v) is 19.8. The fourth-order valence-corrected chi connectivity index (χ4v) is 4.84. The number of ether oxygens (including phenoxy) is 1. The zero-order valence-electron chi connectivity index (χ0n) is 19.0. The van der Waals surface area contributed by atoms with Gasteiger partial charge in [0.1, 0.15) is 12.4 Å². The molecule has 176 valence electrons. The molecule has 0 bridgehead atoms. The minimum atomic E-state index is -0.850. The van der Waals surface area contributed by atoms with Crippen molar-refractivity contribution in [3.05, 3.63) is 89.6 Å². The predicted molar refractivity (Wildman–Crippen MR) is 136 cm³/mol. The Labute approximate surface area is 206 Å². The Balaban J connectivity index is 1.37. The first kappa shape index (κ1) is 22.8. The van der Waals surface area contributed by atoms with Crippen LogP contribution in [0.5, 0.6) is 0 Å². The summed E-state index contributed by atoms with van der Waals surface area (Å²) in [6, 6.07) is 19.5. The number of hydrogen-bond acceptors (Lipinski definition) is 7. The summed E-state index contributed by atoms with van der Waals surface area (Å²) in [7, 11) is 0. The lowest BCUT2D eigenvalue weighted by Gasteiger charge is -2.14. The lowest BCUT2D eigenvalue weighted by Crippen LogP contribution is -2.09. The third kappa shape index (κ3) is 4.94. The number of pyridine rings is 1. The molecule has 2 aromatic carbocycles. The number of rotatable bonds is 9. The Morgan fingerprint density at radius 3 is 2.69 bits per heavy atom. The number of hydrogen-bond donors (Lipinski definition) is 2. The molecule has 8 heteroatoms. The van der Waals surface area contributed by atoms with Gasteiger partial charge in [0.05, 0.1) is 30.0 Å². The van der Waals surface area contributed by atoms with E-state index in [4.69, 9.17) is 19.4 Å². The fraction of sp³-hybridized carbons (Fsp3) is 0.148. The third-order valence-corrected chi connectivity index (χ3v) is 6.70. The molecular formula is C27H23N3O4S. The van der Waals surface area contributed by atoms with Gasteiger partial charge in [0.25, 0.3) is 0 Å². The molecule has 35 heavy (non-hydrogen) atoms. The highest BCUT2D eigenvalue weighted by molar-refractivity contribution is 7.17. The molecule has 0 aliphatic carbocycles. The van der Waals surface area contributed by atoms with Crippen LogP contribution in [0.15, 0.2) is 83.0 Å². The van der Waals surface area contributed by atoms with Crippen molar-refractivity contribution in [1.29, 1.82) is 0 Å². The number of carbonyl (C=O) groups is 1. The summed E-state index contributed by atoms with van der Waals surface area (Å²) >= 11 is 1.60. The molecule has 2 N–H and O–H groups in total. The second kappa shape index (κ2) is 10.1. The summed E-state index contributed by atoms with van der Waals surface area (Å²) in [6.07, 6.45) is 3.37. The largest absolute Gasteiger partial charge is 0.481 e. The van der Waals surface area contributed by atoms with Gasteiger partial charge in [-0.3, -0.25) is 9.78 Å². The second-order valence-electron chi connectivity index (χ2n) is 8.06. The van der Waals surface area contributed by atoms with Crippen molar-refractivity contribution in [3.8, 4) is 22.6 Å². The highest BCUT2D eigenvalue weighted by atomic mass is 32.1. The Morgan fingerprint density at radius 2 is 1.91 bits per heavy atom. The number of carboxylic acids is 1. The SMILES string of the molecule is CC(OCNc1cnoc1-c1cnc(-c2ccc(CC(=O)O)cc2)c2ccsc12)c1ccccc1. The normalized spacial score (nSPS) is 12.0. The smallest absolute Gasteiger partial charge is 0.307 e. The van der Waals surface area contributed by atoms with Gasteiger partial charge in [0.2, 0.25) is 0 Å². The van der Waals surface area contributed by atoms with Gasteiger partial charge in [0, 0.05) is 21.8 Å². The maximum Gasteiger partial charge on any atom is 0.307 e. The number of fused-ring (bicyclic) bond motifs is 1. The Bertz CT molecular complexity index is 1440. The molecule has 0 spiro atoms. The first-order chi connectivity index (χ1) is 17.1. The average molecular weight is 486 g/mol. The minimum Gasteiger partial charge on any atom is -0.481 e. The maximum absolute atomic E-state index is 11.0. The van der Waals surface area contributed by atoms with Crippen LogP contribution in [0.3, 0.4) is 0 Å². The molecule has 0 aliphatic rings. The number of benzene rings is 2. The van der Waals surface area contributed by atoms with Gasteiger partial charge < -0.3 is 19.7 Å². The summed E-state index contributed by atoms with van der Waals surface area (Å²) in [5.41, 5.74) is 5.19. The Hall–Kier alpha value is -4.01. The molecule has 0 radical (unpaired) electrons. The van der Waals surface area contributed by atoms with Crippen molar-refractivity contribution in [2.75, 3.05) is 12.0 Å². The molecule has 5 aromatic rings. The van der Waals surface area contributed by atoms with Crippen LogP contribution in [-0.4, -0.2) is 27.9 Å². The molecule has 0 aliphatic heterocycles. The molecule has 1 unspecified atom stereocenters. The van der Waals surface area contributed by atoms with Gasteiger partial charge in [0.15, 0.2) is 5.76 Å². The summed E-state index contributed by atoms with van der Waals surface area (Å²) in [4.78, 5) is 15.7. The minimum absolute atomic E-state index is 0.00435. The lowest BCUT2D eigenvalue weighted by atomic mass is 10.0. The van der Waals surface area contributed by atoms with E-state index in [9.17, 15) is 4.79 Å². The summed E-state index contributed by atoms with van der Waals surface area (Å²) < 4.78 is 12.6. The third-order valence-electron chi connectivity index (χ3n) is 5.75. The van der Waals surface area contributed by atoms with E-state index in [0.717, 1.165) is 43.7 Å². The molecular weight excluding hydrogens is 462 g/mol. The molecule has 0 fully saturated rings. The van der Waals surface area contributed by atoms with Crippen LogP contribution >= 0.6 is 11.3 Å². The van der Waals surface area contributed by atoms with E-state index in [0.29, 0.717) is 12.5 Å². The fourth-order valence-electron chi connectivity index (χ4n) is 3.93. The van der Waals surface area contributed by atoms with Crippen LogP contribution in [0.1, 0.15) is 24.2 Å². The molecule has 7 nitrogen and oxygen atoms in total. The highest BCUT2D eigenvalue weighted by Gasteiger charge is 2.18. The molecule has 0 amide bonds. The van der Waals surface area contributed by atoms with Crippen LogP contribution in [0.2, 0.25) is 0 Å². The molecule has 0 saturated carbocycles. The van der Waals surface area contributed by atoms with Crippen LogP contribution < -0.4 is 5.32 Å². The van der Waals surface area contributed by atoms with Gasteiger partial charge >= 0.3 is 5.97 Å². The summed E-state index contributed by atoms with van der Waals surface area (Å²) in [6.45, 7) is 2.31. The number of carboxylic acid groups (broad SMARTS) is 1. The molecule has 0 saturated heterocycles. The maximum atomic E-state index is 11.0. The highest BCUT2D eigenvalue weighted by Crippen LogP contribution is 2.39. The van der Waals surface area contributed by atoms with Gasteiger partial charge in [-0.1, -0.05) is 59.8 Å². The van der Waals surface area contributed by atoms with Crippen molar-refractivity contribution < 1.29 is 19.2 Å². The quantitative estimate of drug-likeness (QED) is 0.233. The summed E-state index contributed by atoms with van der Waals surface area (Å²) in [5.74, 6) is -0.249. The van der Waals surface area contributed by atoms with Gasteiger partial charge in [-0.15, -0.1) is 11.3 Å². The first-order valence-electron chi connectivity index (χ1n) is 11.1. The molecule has 3 heterocycles. The number of thiophene rings is 1. The van der Waals surface area contributed by atoms with Crippen molar-refractivity contribution in [2.45, 2.75) is 19.4 Å². The van der Waals surface area contributed by atoms with Crippen LogP contribution in [0.25, 0.3) is 32.7 Å². The number of nitrogens with one attached hydrogen (secondary N) is 1. The zero-order chi connectivity index (χ0) is 24.2. The van der Waals surface area contributed by atoms with Crippen LogP contribution in [-0.2, 0) is 16.0 Å². The van der Waals surface area contributed by atoms with Gasteiger partial charge in [-0.2, -0.15) is 0 Å². The van der Waals surface area contributed by atoms with Gasteiger partial charge in [-0.25, -0.2) is 0 Å². The van der Waals surface area contributed by atoms with Crippen LogP contribution in [0.4, 0.5) is 5.69 Å². The van der Waals surface area contributed by atoms with Crippen LogP contribution in [0, 0.1) is 0 Å². The van der Waals surface area contributed by atoms with E-state index in [-0.39, 0.29) is 12.5 Å². The first-order valence-corrected chi connectivity index (χ1v) is 12.0. The number of nitrogens with zero attached hydrogens (tertiary/aromatic N) is 2. The van der Waals surface area contributed by atoms with Crippen molar-refractivity contribution in [2.24, 2.45) is 0 Å². The van der Waals surface area contributed by atoms with Crippen molar-refractivity contribution >= 4 is 33.1 Å². The van der Waals surface area contributed by atoms with E-state index in [1.165, 1.54) is 0 Å². The van der Waals surface area contributed by atoms with Crippen molar-refractivity contribution in [3.63, 3.8) is 0 Å². The standard InChI is InChI=1S/C27H23N3O4S/c1-17(19-5-3-2-4-6-19)33-16-29-23-15-30-34-26(23)22-14-28-25(21-11-12-35-27(21)22)20-9-7-18(8-10-20)13-24(31)32/h2-12,14-15,17,29H,13,16H2,1H3,(H,31,32). The van der Waals surface area contributed by atoms with E-state index in [1.54, 1.807) is 23.7 Å². The Morgan fingerprint density at radius 1 is 1.11 bits per heavy atom. The second-order valence-corrected chi connectivity index (χ2v) is 8.98. The predicted octanol–water partition coefficient (Wildman–Crippen LogP) is 6.39.